The number of primary sulfonamides is 1. The number of rotatable bonds is 4. The topological polar surface area (TPSA) is 142 Å². The number of aromatic nitrogens is 4. The van der Waals surface area contributed by atoms with E-state index in [0.29, 0.717) is 34.1 Å². The number of alkyl halides is 6. The fraction of sp³-hybridized carbons (Fsp3) is 0.158. The van der Waals surface area contributed by atoms with Gasteiger partial charge in [-0.2, -0.15) is 31.4 Å². The van der Waals surface area contributed by atoms with Gasteiger partial charge in [0.1, 0.15) is 0 Å². The normalized spacial score (nSPS) is 12.6. The van der Waals surface area contributed by atoms with Gasteiger partial charge in [-0.1, -0.05) is 23.5 Å². The SMILES string of the molecule is Cc1nc(NC(=O)Oc2cnn3c(C(F)(F)F)cc(-c4ccc(C(F)(F)F)cc4)nc23)sc1S(N)(=O)=O. The number of sulfonamides is 1. The molecule has 3 N–H and O–H groups in total. The van der Waals surface area contributed by atoms with Crippen molar-refractivity contribution in [2.75, 3.05) is 5.32 Å². The average molecular weight is 566 g/mol. The number of thiazole rings is 1. The zero-order chi connectivity index (χ0) is 27.3. The molecular formula is C19H12F6N6O4S2. The number of nitrogens with two attached hydrogens (primary N) is 1. The summed E-state index contributed by atoms with van der Waals surface area (Å²) in [6.45, 7) is 1.32. The Labute approximate surface area is 206 Å². The Kier molecular flexibility index (Phi) is 6.37. The van der Waals surface area contributed by atoms with E-state index in [1.807, 2.05) is 0 Å². The summed E-state index contributed by atoms with van der Waals surface area (Å²) in [6.07, 6.45) is -10.1. The fourth-order valence-electron chi connectivity index (χ4n) is 3.11. The highest BCUT2D eigenvalue weighted by Gasteiger charge is 2.36. The lowest BCUT2D eigenvalue weighted by molar-refractivity contribution is -0.142. The van der Waals surface area contributed by atoms with Crippen LogP contribution in [0, 0.1) is 6.92 Å². The number of fused-ring (bicyclic) bond motifs is 1. The number of hydrogen-bond donors (Lipinski definition) is 2. The molecule has 196 valence electrons. The molecule has 0 aliphatic heterocycles. The minimum absolute atomic E-state index is 0.00329. The summed E-state index contributed by atoms with van der Waals surface area (Å²) >= 11 is 0.518. The highest BCUT2D eigenvalue weighted by molar-refractivity contribution is 7.91. The molecule has 0 atom stereocenters. The van der Waals surface area contributed by atoms with E-state index in [2.05, 4.69) is 20.4 Å². The van der Waals surface area contributed by atoms with Crippen LogP contribution in [0.25, 0.3) is 16.9 Å². The monoisotopic (exact) mass is 566 g/mol. The number of anilines is 1. The summed E-state index contributed by atoms with van der Waals surface area (Å²) in [6, 6.07) is 3.83. The third-order valence-electron chi connectivity index (χ3n) is 4.66. The van der Waals surface area contributed by atoms with Gasteiger partial charge in [-0.05, 0) is 25.1 Å². The predicted molar refractivity (Wildman–Crippen MR) is 116 cm³/mol. The molecule has 0 spiro atoms. The molecule has 0 fully saturated rings. The number of benzene rings is 1. The van der Waals surface area contributed by atoms with Crippen molar-refractivity contribution in [1.29, 1.82) is 0 Å². The maximum atomic E-state index is 13.7. The lowest BCUT2D eigenvalue weighted by atomic mass is 10.1. The number of halogens is 6. The quantitative estimate of drug-likeness (QED) is 0.348. The van der Waals surface area contributed by atoms with Gasteiger partial charge in [-0.15, -0.1) is 0 Å². The lowest BCUT2D eigenvalue weighted by Crippen LogP contribution is -2.17. The van der Waals surface area contributed by atoms with E-state index >= 15 is 0 Å². The second-order valence-corrected chi connectivity index (χ2v) is 10.1. The third-order valence-corrected chi connectivity index (χ3v) is 7.29. The van der Waals surface area contributed by atoms with Crippen molar-refractivity contribution in [3.05, 3.63) is 53.5 Å². The predicted octanol–water partition coefficient (Wildman–Crippen LogP) is 4.46. The second kappa shape index (κ2) is 8.96. The van der Waals surface area contributed by atoms with Gasteiger partial charge in [0.2, 0.25) is 10.0 Å². The minimum Gasteiger partial charge on any atom is -0.404 e. The molecule has 3 aromatic heterocycles. The molecule has 0 saturated carbocycles. The van der Waals surface area contributed by atoms with E-state index in [4.69, 9.17) is 9.88 Å². The first kappa shape index (κ1) is 26.3. The first-order valence-corrected chi connectivity index (χ1v) is 12.0. The van der Waals surface area contributed by atoms with Crippen LogP contribution in [0.2, 0.25) is 0 Å². The van der Waals surface area contributed by atoms with E-state index < -0.39 is 51.1 Å². The number of ether oxygens (including phenoxy) is 1. The van der Waals surface area contributed by atoms with Crippen LogP contribution in [0.1, 0.15) is 17.0 Å². The van der Waals surface area contributed by atoms with Gasteiger partial charge in [0.05, 0.1) is 23.1 Å². The van der Waals surface area contributed by atoms with Gasteiger partial charge in [0.25, 0.3) is 0 Å². The number of nitrogens with zero attached hydrogens (tertiary/aromatic N) is 4. The molecule has 4 aromatic rings. The van der Waals surface area contributed by atoms with Crippen LogP contribution >= 0.6 is 11.3 Å². The van der Waals surface area contributed by atoms with Crippen molar-refractivity contribution in [3.63, 3.8) is 0 Å². The van der Waals surface area contributed by atoms with Crippen molar-refractivity contribution in [1.82, 2.24) is 19.6 Å². The molecule has 0 aliphatic rings. The van der Waals surface area contributed by atoms with E-state index in [1.165, 1.54) is 6.92 Å². The third kappa shape index (κ3) is 5.49. The fourth-order valence-corrected chi connectivity index (χ4v) is 4.95. The van der Waals surface area contributed by atoms with Crippen LogP contribution in [0.4, 0.5) is 36.3 Å². The standard InChI is InChI=1S/C19H12F6N6O4S2/c1-8-15(37(26,33)34)36-16(28-8)30-17(32)35-12-7-27-31-13(19(23,24)25)6-11(29-14(12)31)9-2-4-10(5-3-9)18(20,21)22/h2-7H,1H3,(H2,26,33,34)(H,28,30,32). The van der Waals surface area contributed by atoms with Crippen molar-refractivity contribution in [2.45, 2.75) is 23.5 Å². The molecule has 0 aliphatic carbocycles. The molecular weight excluding hydrogens is 554 g/mol. The van der Waals surface area contributed by atoms with Gasteiger partial charge < -0.3 is 4.74 Å². The molecule has 0 unspecified atom stereocenters. The zero-order valence-electron chi connectivity index (χ0n) is 18.0. The van der Waals surface area contributed by atoms with Crippen LogP contribution in [0.15, 0.2) is 40.7 Å². The maximum Gasteiger partial charge on any atom is 0.433 e. The molecule has 4 rings (SSSR count). The first-order valence-electron chi connectivity index (χ1n) is 9.66. The number of carbonyl (C=O) groups is 1. The Balaban J connectivity index is 1.70. The van der Waals surface area contributed by atoms with Gasteiger partial charge in [-0.25, -0.2) is 32.8 Å². The van der Waals surface area contributed by atoms with Gasteiger partial charge >= 0.3 is 18.4 Å². The van der Waals surface area contributed by atoms with Crippen LogP contribution in [-0.4, -0.2) is 34.1 Å². The zero-order valence-corrected chi connectivity index (χ0v) is 19.7. The molecule has 10 nitrogen and oxygen atoms in total. The van der Waals surface area contributed by atoms with Gasteiger partial charge in [-0.3, -0.25) is 5.32 Å². The van der Waals surface area contributed by atoms with E-state index in [9.17, 15) is 39.6 Å². The molecule has 18 heteroatoms. The first-order chi connectivity index (χ1) is 17.0. The summed E-state index contributed by atoms with van der Waals surface area (Å²) in [5.74, 6) is -0.531. The largest absolute Gasteiger partial charge is 0.433 e. The number of hydrogen-bond acceptors (Lipinski definition) is 8. The Morgan fingerprint density at radius 2 is 1.73 bits per heavy atom. The van der Waals surface area contributed by atoms with Crippen LogP contribution in [0.5, 0.6) is 5.75 Å². The van der Waals surface area contributed by atoms with Crippen LogP contribution in [-0.2, 0) is 22.4 Å². The molecule has 0 radical (unpaired) electrons. The van der Waals surface area contributed by atoms with Crippen molar-refractivity contribution in [2.24, 2.45) is 5.14 Å². The van der Waals surface area contributed by atoms with E-state index in [0.717, 1.165) is 18.3 Å². The Hall–Kier alpha value is -3.77. The molecule has 37 heavy (non-hydrogen) atoms. The van der Waals surface area contributed by atoms with E-state index in [-0.39, 0.29) is 26.3 Å². The molecule has 3 heterocycles. The minimum atomic E-state index is -4.96. The second-order valence-electron chi connectivity index (χ2n) is 7.30. The summed E-state index contributed by atoms with van der Waals surface area (Å²) in [4.78, 5) is 20.1. The number of nitrogens with one attached hydrogen (secondary N) is 1. The molecule has 1 aromatic carbocycles. The highest BCUT2D eigenvalue weighted by atomic mass is 32.2. The van der Waals surface area contributed by atoms with Crippen LogP contribution in [0.3, 0.4) is 0 Å². The number of aryl methyl sites for hydroxylation is 1. The van der Waals surface area contributed by atoms with Crippen molar-refractivity contribution in [3.8, 4) is 17.0 Å². The Bertz CT molecular complexity index is 1610. The molecule has 1 amide bonds. The van der Waals surface area contributed by atoms with Crippen LogP contribution < -0.4 is 15.2 Å². The smallest absolute Gasteiger partial charge is 0.404 e. The Morgan fingerprint density at radius 3 is 2.27 bits per heavy atom. The molecule has 0 saturated heterocycles. The maximum absolute atomic E-state index is 13.7. The average Bonchev–Trinajstić information content (AvgIpc) is 3.34. The molecule has 0 bridgehead atoms. The Morgan fingerprint density at radius 1 is 1.08 bits per heavy atom. The van der Waals surface area contributed by atoms with Crippen molar-refractivity contribution >= 4 is 38.2 Å². The van der Waals surface area contributed by atoms with Gasteiger partial charge in [0.15, 0.2) is 26.4 Å². The van der Waals surface area contributed by atoms with Gasteiger partial charge in [0, 0.05) is 5.56 Å². The summed E-state index contributed by atoms with van der Waals surface area (Å²) in [5.41, 5.74) is -3.37. The summed E-state index contributed by atoms with van der Waals surface area (Å²) in [5, 5.41) is 10.5. The number of carbonyl (C=O) groups excluding carboxylic acids is 1. The van der Waals surface area contributed by atoms with E-state index in [1.54, 1.807) is 0 Å². The highest BCUT2D eigenvalue weighted by Crippen LogP contribution is 2.35. The summed E-state index contributed by atoms with van der Waals surface area (Å²) < 4.78 is 108. The summed E-state index contributed by atoms with van der Waals surface area (Å²) in [7, 11) is -4.12. The lowest BCUT2D eigenvalue weighted by Gasteiger charge is -2.12. The van der Waals surface area contributed by atoms with Crippen molar-refractivity contribution < 1.29 is 44.3 Å². The number of amides is 1.